The number of ether oxygens (including phenoxy) is 1. The Hall–Kier alpha value is -1.35. The van der Waals surface area contributed by atoms with Crippen LogP contribution in [0, 0.1) is 6.92 Å². The molecule has 2 rings (SSSR count). The average molecular weight is 474 g/mol. The molecule has 2 N–H and O–H groups in total. The van der Waals surface area contributed by atoms with Crippen LogP contribution in [-0.2, 0) is 6.42 Å². The summed E-state index contributed by atoms with van der Waals surface area (Å²) in [6, 6.07) is 9.84. The highest BCUT2D eigenvalue weighted by Crippen LogP contribution is 2.10. The first-order chi connectivity index (χ1) is 11.8. The van der Waals surface area contributed by atoms with Crippen LogP contribution in [0.3, 0.4) is 0 Å². The minimum Gasteiger partial charge on any atom is -0.492 e. The summed E-state index contributed by atoms with van der Waals surface area (Å²) in [6.45, 7) is 7.04. The molecule has 138 valence electrons. The number of thiazole rings is 1. The Kier molecular flexibility index (Phi) is 11.2. The van der Waals surface area contributed by atoms with E-state index in [4.69, 9.17) is 4.74 Å². The molecule has 0 radical (unpaired) electrons. The third kappa shape index (κ3) is 9.06. The van der Waals surface area contributed by atoms with E-state index < -0.39 is 0 Å². The van der Waals surface area contributed by atoms with Crippen LogP contribution in [0.15, 0.2) is 40.7 Å². The topological polar surface area (TPSA) is 58.5 Å². The minimum absolute atomic E-state index is 0. The molecule has 0 aliphatic rings. The maximum absolute atomic E-state index is 5.67. The Morgan fingerprint density at radius 2 is 2.04 bits per heavy atom. The number of aryl methyl sites for hydroxylation is 2. The summed E-state index contributed by atoms with van der Waals surface area (Å²) in [6.07, 6.45) is 1.99. The van der Waals surface area contributed by atoms with Crippen molar-refractivity contribution in [2.45, 2.75) is 26.7 Å². The lowest BCUT2D eigenvalue weighted by molar-refractivity contribution is 0.322. The van der Waals surface area contributed by atoms with Gasteiger partial charge in [0.2, 0.25) is 0 Å². The van der Waals surface area contributed by atoms with Crippen molar-refractivity contribution in [3.8, 4) is 5.75 Å². The standard InChI is InChI=1S/C18H26N4OS.HI/c1-3-19-18(20-11-7-10-17-22-15(2)14-24-17)21-12-13-23-16-8-5-4-6-9-16;/h4-6,8-9,14H,3,7,10-13H2,1-2H3,(H2,19,20,21);1H. The van der Waals surface area contributed by atoms with Gasteiger partial charge in [0.1, 0.15) is 12.4 Å². The molecule has 1 heterocycles. The zero-order chi connectivity index (χ0) is 17.0. The van der Waals surface area contributed by atoms with Crippen LogP contribution in [0.5, 0.6) is 5.75 Å². The summed E-state index contributed by atoms with van der Waals surface area (Å²) < 4.78 is 5.67. The number of aliphatic imine (C=N–C) groups is 1. The quantitative estimate of drug-likeness (QED) is 0.252. The first kappa shape index (κ1) is 21.7. The van der Waals surface area contributed by atoms with Crippen molar-refractivity contribution in [2.75, 3.05) is 26.2 Å². The van der Waals surface area contributed by atoms with Crippen LogP contribution >= 0.6 is 35.3 Å². The zero-order valence-corrected chi connectivity index (χ0v) is 18.0. The van der Waals surface area contributed by atoms with Gasteiger partial charge >= 0.3 is 0 Å². The Balaban J connectivity index is 0.00000312. The van der Waals surface area contributed by atoms with E-state index in [-0.39, 0.29) is 24.0 Å². The molecule has 0 spiro atoms. The third-order valence-corrected chi connectivity index (χ3v) is 4.26. The molecule has 5 nitrogen and oxygen atoms in total. The van der Waals surface area contributed by atoms with E-state index in [0.717, 1.165) is 43.3 Å². The molecule has 0 saturated heterocycles. The summed E-state index contributed by atoms with van der Waals surface area (Å²) >= 11 is 1.73. The number of hydrogen-bond donors (Lipinski definition) is 2. The second kappa shape index (κ2) is 12.9. The fourth-order valence-electron chi connectivity index (χ4n) is 2.14. The smallest absolute Gasteiger partial charge is 0.191 e. The van der Waals surface area contributed by atoms with Crippen molar-refractivity contribution >= 4 is 41.3 Å². The molecular weight excluding hydrogens is 447 g/mol. The van der Waals surface area contributed by atoms with Gasteiger partial charge in [-0.25, -0.2) is 4.98 Å². The fraction of sp³-hybridized carbons (Fsp3) is 0.444. The van der Waals surface area contributed by atoms with Gasteiger partial charge in [-0.1, -0.05) is 18.2 Å². The highest BCUT2D eigenvalue weighted by Gasteiger charge is 2.00. The van der Waals surface area contributed by atoms with Gasteiger partial charge in [-0.2, -0.15) is 0 Å². The summed E-state index contributed by atoms with van der Waals surface area (Å²) in [5, 5.41) is 9.83. The zero-order valence-electron chi connectivity index (χ0n) is 14.8. The molecule has 1 aromatic heterocycles. The lowest BCUT2D eigenvalue weighted by Crippen LogP contribution is -2.39. The summed E-state index contributed by atoms with van der Waals surface area (Å²) in [5.74, 6) is 1.73. The Labute approximate surface area is 171 Å². The van der Waals surface area contributed by atoms with Gasteiger partial charge in [0.25, 0.3) is 0 Å². The molecule has 0 unspecified atom stereocenters. The van der Waals surface area contributed by atoms with Crippen molar-refractivity contribution in [1.82, 2.24) is 15.6 Å². The number of nitrogens with one attached hydrogen (secondary N) is 2. The maximum atomic E-state index is 5.67. The number of rotatable bonds is 9. The number of aromatic nitrogens is 1. The van der Waals surface area contributed by atoms with Gasteiger partial charge in [-0.15, -0.1) is 35.3 Å². The molecule has 0 aliphatic carbocycles. The number of guanidine groups is 1. The van der Waals surface area contributed by atoms with Gasteiger partial charge in [0, 0.05) is 30.6 Å². The van der Waals surface area contributed by atoms with E-state index in [9.17, 15) is 0 Å². The SMILES string of the molecule is CCNC(=NCCCc1nc(C)cs1)NCCOc1ccccc1.I. The first-order valence-electron chi connectivity index (χ1n) is 8.39. The molecule has 25 heavy (non-hydrogen) atoms. The van der Waals surface area contributed by atoms with Gasteiger partial charge < -0.3 is 15.4 Å². The van der Waals surface area contributed by atoms with Gasteiger partial charge in [-0.05, 0) is 32.4 Å². The Bertz CT molecular complexity index is 619. The molecule has 0 aliphatic heterocycles. The van der Waals surface area contributed by atoms with Crippen LogP contribution in [0.4, 0.5) is 0 Å². The van der Waals surface area contributed by atoms with E-state index in [1.165, 1.54) is 5.01 Å². The number of hydrogen-bond acceptors (Lipinski definition) is 4. The van der Waals surface area contributed by atoms with Crippen molar-refractivity contribution in [2.24, 2.45) is 4.99 Å². The molecule has 0 amide bonds. The van der Waals surface area contributed by atoms with Crippen LogP contribution in [0.25, 0.3) is 0 Å². The van der Waals surface area contributed by atoms with Crippen molar-refractivity contribution < 1.29 is 4.74 Å². The van der Waals surface area contributed by atoms with Crippen LogP contribution in [0.2, 0.25) is 0 Å². The van der Waals surface area contributed by atoms with E-state index in [1.54, 1.807) is 11.3 Å². The molecule has 1 aromatic carbocycles. The molecule has 2 aromatic rings. The summed E-state index contributed by atoms with van der Waals surface area (Å²) in [4.78, 5) is 9.07. The van der Waals surface area contributed by atoms with Crippen LogP contribution in [-0.4, -0.2) is 37.2 Å². The van der Waals surface area contributed by atoms with Crippen molar-refractivity contribution in [3.63, 3.8) is 0 Å². The first-order valence-corrected chi connectivity index (χ1v) is 9.27. The molecule has 0 saturated carbocycles. The molecule has 0 fully saturated rings. The normalized spacial score (nSPS) is 10.9. The molecular formula is C18H27IN4OS. The highest BCUT2D eigenvalue weighted by atomic mass is 127. The highest BCUT2D eigenvalue weighted by molar-refractivity contribution is 14.0. The Morgan fingerprint density at radius 1 is 1.24 bits per heavy atom. The lowest BCUT2D eigenvalue weighted by atomic mass is 10.3. The largest absolute Gasteiger partial charge is 0.492 e. The molecule has 0 atom stereocenters. The predicted molar refractivity (Wildman–Crippen MR) is 117 cm³/mol. The third-order valence-electron chi connectivity index (χ3n) is 3.24. The Morgan fingerprint density at radius 3 is 2.72 bits per heavy atom. The second-order valence-electron chi connectivity index (χ2n) is 5.34. The van der Waals surface area contributed by atoms with E-state index in [2.05, 4.69) is 32.9 Å². The van der Waals surface area contributed by atoms with Gasteiger partial charge in [-0.3, -0.25) is 4.99 Å². The van der Waals surface area contributed by atoms with E-state index in [1.807, 2.05) is 37.3 Å². The van der Waals surface area contributed by atoms with Crippen LogP contribution < -0.4 is 15.4 Å². The summed E-state index contributed by atoms with van der Waals surface area (Å²) in [5.41, 5.74) is 1.10. The molecule has 0 bridgehead atoms. The van der Waals surface area contributed by atoms with Crippen LogP contribution in [0.1, 0.15) is 24.0 Å². The summed E-state index contributed by atoms with van der Waals surface area (Å²) in [7, 11) is 0. The van der Waals surface area contributed by atoms with E-state index in [0.29, 0.717) is 13.2 Å². The minimum atomic E-state index is 0. The maximum Gasteiger partial charge on any atom is 0.191 e. The van der Waals surface area contributed by atoms with Gasteiger partial charge in [0.15, 0.2) is 5.96 Å². The number of halogens is 1. The van der Waals surface area contributed by atoms with Gasteiger partial charge in [0.05, 0.1) is 11.6 Å². The lowest BCUT2D eigenvalue weighted by Gasteiger charge is -2.12. The van der Waals surface area contributed by atoms with E-state index >= 15 is 0 Å². The number of benzene rings is 1. The monoisotopic (exact) mass is 474 g/mol. The average Bonchev–Trinajstić information content (AvgIpc) is 3.01. The van der Waals surface area contributed by atoms with Crippen molar-refractivity contribution in [1.29, 1.82) is 0 Å². The van der Waals surface area contributed by atoms with Crippen molar-refractivity contribution in [3.05, 3.63) is 46.4 Å². The number of nitrogens with zero attached hydrogens (tertiary/aromatic N) is 2. The molecule has 7 heteroatoms. The number of para-hydroxylation sites is 1. The fourth-order valence-corrected chi connectivity index (χ4v) is 2.95. The second-order valence-corrected chi connectivity index (χ2v) is 6.28. The predicted octanol–water partition coefficient (Wildman–Crippen LogP) is 3.64.